The normalized spacial score (nSPS) is 12.5. The second-order valence-corrected chi connectivity index (χ2v) is 3.30. The van der Waals surface area contributed by atoms with E-state index in [-0.39, 0.29) is 5.96 Å². The molecular formula is C9H22N4. The lowest BCUT2D eigenvalue weighted by atomic mass is 10.2. The fraction of sp³-hybridized carbons (Fsp3) is 0.889. The van der Waals surface area contributed by atoms with E-state index >= 15 is 0 Å². The van der Waals surface area contributed by atoms with E-state index in [9.17, 15) is 0 Å². The molecule has 4 nitrogen and oxygen atoms in total. The van der Waals surface area contributed by atoms with Gasteiger partial charge in [0.05, 0.1) is 0 Å². The predicted molar refractivity (Wildman–Crippen MR) is 56.9 cm³/mol. The minimum atomic E-state index is 0.180. The lowest BCUT2D eigenvalue weighted by molar-refractivity contribution is 0.400. The fourth-order valence-corrected chi connectivity index (χ4v) is 1.18. The van der Waals surface area contributed by atoms with Crippen LogP contribution < -0.4 is 11.1 Å². The maximum atomic E-state index is 7.27. The number of nitrogens with one attached hydrogen (secondary N) is 2. The van der Waals surface area contributed by atoms with Gasteiger partial charge in [0.15, 0.2) is 5.96 Å². The van der Waals surface area contributed by atoms with Crippen LogP contribution >= 0.6 is 0 Å². The zero-order valence-electron chi connectivity index (χ0n) is 8.93. The molecule has 0 fully saturated rings. The maximum Gasteiger partial charge on any atom is 0.188 e. The Morgan fingerprint density at radius 2 is 2.23 bits per heavy atom. The molecule has 0 aliphatic heterocycles. The summed E-state index contributed by atoms with van der Waals surface area (Å²) in [5, 5.41) is 10.5. The van der Waals surface area contributed by atoms with E-state index in [1.54, 1.807) is 0 Å². The molecule has 0 aromatic rings. The van der Waals surface area contributed by atoms with Gasteiger partial charge in [-0.15, -0.1) is 0 Å². The summed E-state index contributed by atoms with van der Waals surface area (Å²) < 4.78 is 0. The SMILES string of the molecule is CCN(CCC[C@@H](C)NC)C(=N)N. The summed E-state index contributed by atoms with van der Waals surface area (Å²) in [5.41, 5.74) is 5.39. The third kappa shape index (κ3) is 5.47. The van der Waals surface area contributed by atoms with Gasteiger partial charge >= 0.3 is 0 Å². The lowest BCUT2D eigenvalue weighted by Crippen LogP contribution is -2.37. The summed E-state index contributed by atoms with van der Waals surface area (Å²) in [6, 6.07) is 0.547. The molecule has 0 saturated carbocycles. The van der Waals surface area contributed by atoms with Gasteiger partial charge < -0.3 is 16.0 Å². The molecule has 1 atom stereocenters. The van der Waals surface area contributed by atoms with Gasteiger partial charge in [0.2, 0.25) is 0 Å². The number of guanidine groups is 1. The Labute approximate surface area is 81.0 Å². The van der Waals surface area contributed by atoms with Crippen LogP contribution in [-0.2, 0) is 0 Å². The van der Waals surface area contributed by atoms with Gasteiger partial charge in [0, 0.05) is 19.1 Å². The van der Waals surface area contributed by atoms with Crippen molar-refractivity contribution in [1.29, 1.82) is 5.41 Å². The van der Waals surface area contributed by atoms with Gasteiger partial charge in [-0.1, -0.05) is 0 Å². The van der Waals surface area contributed by atoms with Crippen LogP contribution in [0.3, 0.4) is 0 Å². The number of nitrogens with two attached hydrogens (primary N) is 1. The summed E-state index contributed by atoms with van der Waals surface area (Å²) in [5.74, 6) is 0.180. The molecule has 0 aliphatic carbocycles. The summed E-state index contributed by atoms with van der Waals surface area (Å²) in [6.07, 6.45) is 2.20. The topological polar surface area (TPSA) is 65.1 Å². The van der Waals surface area contributed by atoms with E-state index < -0.39 is 0 Å². The van der Waals surface area contributed by atoms with Gasteiger partial charge in [-0.05, 0) is 33.7 Å². The van der Waals surface area contributed by atoms with Crippen molar-refractivity contribution in [2.24, 2.45) is 5.73 Å². The number of hydrogen-bond acceptors (Lipinski definition) is 2. The molecule has 0 aromatic heterocycles. The Hall–Kier alpha value is -0.770. The average molecular weight is 186 g/mol. The Bertz CT molecular complexity index is 147. The fourth-order valence-electron chi connectivity index (χ4n) is 1.18. The van der Waals surface area contributed by atoms with Crippen LogP contribution in [0.5, 0.6) is 0 Å². The van der Waals surface area contributed by atoms with Gasteiger partial charge in [0.25, 0.3) is 0 Å². The van der Waals surface area contributed by atoms with Crippen LogP contribution in [0.4, 0.5) is 0 Å². The molecule has 0 heterocycles. The highest BCUT2D eigenvalue weighted by atomic mass is 15.2. The van der Waals surface area contributed by atoms with Crippen LogP contribution in [0.2, 0.25) is 0 Å². The van der Waals surface area contributed by atoms with Crippen molar-refractivity contribution in [3.8, 4) is 0 Å². The van der Waals surface area contributed by atoms with E-state index in [2.05, 4.69) is 12.2 Å². The lowest BCUT2D eigenvalue weighted by Gasteiger charge is -2.21. The van der Waals surface area contributed by atoms with Crippen molar-refractivity contribution in [3.63, 3.8) is 0 Å². The molecule has 4 N–H and O–H groups in total. The molecule has 13 heavy (non-hydrogen) atoms. The van der Waals surface area contributed by atoms with Crippen molar-refractivity contribution in [2.45, 2.75) is 32.7 Å². The first kappa shape index (κ1) is 12.2. The van der Waals surface area contributed by atoms with Crippen LogP contribution in [0.1, 0.15) is 26.7 Å². The summed E-state index contributed by atoms with van der Waals surface area (Å²) in [6.45, 7) is 5.88. The number of hydrogen-bond donors (Lipinski definition) is 3. The Balaban J connectivity index is 3.55. The molecule has 0 spiro atoms. The van der Waals surface area contributed by atoms with Gasteiger partial charge in [-0.25, -0.2) is 0 Å². The van der Waals surface area contributed by atoms with Crippen molar-refractivity contribution in [3.05, 3.63) is 0 Å². The van der Waals surface area contributed by atoms with Crippen LogP contribution in [-0.4, -0.2) is 37.0 Å². The first-order valence-electron chi connectivity index (χ1n) is 4.88. The standard InChI is InChI=1S/C9H22N4/c1-4-13(9(10)11)7-5-6-8(2)12-3/h8,12H,4-7H2,1-3H3,(H3,10,11)/t8-/m1/s1. The monoisotopic (exact) mass is 186 g/mol. The first-order valence-corrected chi connectivity index (χ1v) is 4.88. The Kier molecular flexibility index (Phi) is 6.32. The zero-order chi connectivity index (χ0) is 10.3. The van der Waals surface area contributed by atoms with Gasteiger partial charge in [-0.2, -0.15) is 0 Å². The second-order valence-electron chi connectivity index (χ2n) is 3.30. The third-order valence-electron chi connectivity index (χ3n) is 2.28. The van der Waals surface area contributed by atoms with E-state index in [4.69, 9.17) is 11.1 Å². The van der Waals surface area contributed by atoms with Crippen LogP contribution in [0.15, 0.2) is 0 Å². The maximum absolute atomic E-state index is 7.27. The largest absolute Gasteiger partial charge is 0.370 e. The summed E-state index contributed by atoms with van der Waals surface area (Å²) in [7, 11) is 1.97. The minimum absolute atomic E-state index is 0.180. The van der Waals surface area contributed by atoms with E-state index in [1.807, 2.05) is 18.9 Å². The highest BCUT2D eigenvalue weighted by Crippen LogP contribution is 1.98. The summed E-state index contributed by atoms with van der Waals surface area (Å²) in [4.78, 5) is 1.88. The van der Waals surface area contributed by atoms with Crippen LogP contribution in [0.25, 0.3) is 0 Å². The number of rotatable bonds is 6. The predicted octanol–water partition coefficient (Wildman–Crippen LogP) is 0.590. The van der Waals surface area contributed by atoms with Crippen LogP contribution in [0, 0.1) is 5.41 Å². The molecule has 0 amide bonds. The molecule has 0 radical (unpaired) electrons. The third-order valence-corrected chi connectivity index (χ3v) is 2.28. The van der Waals surface area contributed by atoms with E-state index in [1.165, 1.54) is 0 Å². The average Bonchev–Trinajstić information content (AvgIpc) is 2.11. The van der Waals surface area contributed by atoms with Gasteiger partial charge in [0.1, 0.15) is 0 Å². The second kappa shape index (κ2) is 6.71. The van der Waals surface area contributed by atoms with Gasteiger partial charge in [-0.3, -0.25) is 5.41 Å². The van der Waals surface area contributed by atoms with E-state index in [0.717, 1.165) is 25.9 Å². The van der Waals surface area contributed by atoms with Crippen molar-refractivity contribution in [1.82, 2.24) is 10.2 Å². The molecule has 0 rings (SSSR count). The van der Waals surface area contributed by atoms with Crippen molar-refractivity contribution >= 4 is 5.96 Å². The smallest absolute Gasteiger partial charge is 0.188 e. The molecular weight excluding hydrogens is 164 g/mol. The summed E-state index contributed by atoms with van der Waals surface area (Å²) >= 11 is 0. The molecule has 0 aromatic carbocycles. The highest BCUT2D eigenvalue weighted by molar-refractivity contribution is 5.74. The first-order chi connectivity index (χ1) is 6.11. The number of nitrogens with zero attached hydrogens (tertiary/aromatic N) is 1. The Morgan fingerprint density at radius 1 is 1.62 bits per heavy atom. The Morgan fingerprint density at radius 3 is 2.62 bits per heavy atom. The molecule has 0 aliphatic rings. The molecule has 0 saturated heterocycles. The molecule has 0 unspecified atom stereocenters. The minimum Gasteiger partial charge on any atom is -0.370 e. The van der Waals surface area contributed by atoms with Crippen molar-refractivity contribution in [2.75, 3.05) is 20.1 Å². The molecule has 0 bridgehead atoms. The molecule has 4 heteroatoms. The van der Waals surface area contributed by atoms with E-state index in [0.29, 0.717) is 6.04 Å². The molecule has 78 valence electrons. The van der Waals surface area contributed by atoms with Crippen molar-refractivity contribution < 1.29 is 0 Å². The quantitative estimate of drug-likeness (QED) is 0.420. The zero-order valence-corrected chi connectivity index (χ0v) is 8.93. The highest BCUT2D eigenvalue weighted by Gasteiger charge is 2.04.